The highest BCUT2D eigenvalue weighted by Crippen LogP contribution is 2.32. The molecule has 0 atom stereocenters. The van der Waals surface area contributed by atoms with Crippen LogP contribution >= 0.6 is 11.8 Å². The summed E-state index contributed by atoms with van der Waals surface area (Å²) in [6.45, 7) is 0. The second-order valence-electron chi connectivity index (χ2n) is 4.45. The molecule has 0 amide bonds. The van der Waals surface area contributed by atoms with Crippen molar-refractivity contribution in [2.24, 2.45) is 5.92 Å². The van der Waals surface area contributed by atoms with Gasteiger partial charge in [0.05, 0.1) is 5.56 Å². The van der Waals surface area contributed by atoms with E-state index >= 15 is 0 Å². The first-order valence-electron chi connectivity index (χ1n) is 5.95. The normalized spacial score (nSPS) is 15.7. The van der Waals surface area contributed by atoms with Crippen LogP contribution in [0.25, 0.3) is 0 Å². The van der Waals surface area contributed by atoms with Crippen LogP contribution in [0.5, 0.6) is 0 Å². The fraction of sp³-hybridized carbons (Fsp3) is 0.429. The van der Waals surface area contributed by atoms with Crippen molar-refractivity contribution in [3.05, 3.63) is 29.3 Å². The molecule has 0 saturated heterocycles. The maximum atomic E-state index is 10.6. The number of carbonyl (C=O) groups is 1. The Hall–Kier alpha value is -1.27. The summed E-state index contributed by atoms with van der Waals surface area (Å²) in [5, 5.41) is 9.05. The van der Waals surface area contributed by atoms with Gasteiger partial charge in [0.2, 0.25) is 0 Å². The number of rotatable bonds is 4. The molecule has 17 heavy (non-hydrogen) atoms. The number of hydrogen-bond acceptors (Lipinski definition) is 3. The highest BCUT2D eigenvalue weighted by Gasteiger charge is 2.15. The van der Waals surface area contributed by atoms with Gasteiger partial charge in [-0.05, 0) is 30.9 Å². The topological polar surface area (TPSA) is 40.9 Å². The number of carbonyl (C=O) groups excluding carboxylic acids is 1. The van der Waals surface area contributed by atoms with Gasteiger partial charge in [-0.1, -0.05) is 18.9 Å². The first-order valence-corrected chi connectivity index (χ1v) is 6.94. The molecule has 0 bridgehead atoms. The number of nitrogens with zero attached hydrogens (tertiary/aromatic N) is 1. The van der Waals surface area contributed by atoms with E-state index in [2.05, 4.69) is 6.07 Å². The van der Waals surface area contributed by atoms with Crippen LogP contribution in [0.3, 0.4) is 0 Å². The number of thioether (sulfide) groups is 1. The Bertz CT molecular complexity index is 444. The Balaban J connectivity index is 2.04. The van der Waals surface area contributed by atoms with Crippen LogP contribution in [0.4, 0.5) is 0 Å². The lowest BCUT2D eigenvalue weighted by atomic mass is 10.1. The zero-order valence-corrected chi connectivity index (χ0v) is 10.5. The second-order valence-corrected chi connectivity index (χ2v) is 5.51. The summed E-state index contributed by atoms with van der Waals surface area (Å²) in [4.78, 5) is 11.6. The minimum Gasteiger partial charge on any atom is -0.298 e. The molecule has 1 aliphatic rings. The lowest BCUT2D eigenvalue weighted by molar-refractivity contribution is 0.112. The van der Waals surface area contributed by atoms with Crippen molar-refractivity contribution < 1.29 is 4.79 Å². The SMILES string of the molecule is N#Cc1cc(C=O)ccc1SCC1CCCC1. The maximum absolute atomic E-state index is 10.6. The summed E-state index contributed by atoms with van der Waals surface area (Å²) in [7, 11) is 0. The quantitative estimate of drug-likeness (QED) is 0.600. The van der Waals surface area contributed by atoms with Crippen molar-refractivity contribution in [1.29, 1.82) is 5.26 Å². The van der Waals surface area contributed by atoms with Crippen molar-refractivity contribution in [1.82, 2.24) is 0 Å². The smallest absolute Gasteiger partial charge is 0.150 e. The van der Waals surface area contributed by atoms with Crippen molar-refractivity contribution in [2.75, 3.05) is 5.75 Å². The average molecular weight is 245 g/mol. The van der Waals surface area contributed by atoms with Gasteiger partial charge < -0.3 is 0 Å². The van der Waals surface area contributed by atoms with Crippen LogP contribution in [0.2, 0.25) is 0 Å². The van der Waals surface area contributed by atoms with E-state index in [0.717, 1.165) is 22.9 Å². The predicted molar refractivity (Wildman–Crippen MR) is 69.2 cm³/mol. The molecular formula is C14H15NOS. The largest absolute Gasteiger partial charge is 0.298 e. The summed E-state index contributed by atoms with van der Waals surface area (Å²) in [5.74, 6) is 1.90. The van der Waals surface area contributed by atoms with Gasteiger partial charge in [0.25, 0.3) is 0 Å². The molecule has 1 fully saturated rings. The minimum absolute atomic E-state index is 0.576. The maximum Gasteiger partial charge on any atom is 0.150 e. The van der Waals surface area contributed by atoms with Gasteiger partial charge in [0.1, 0.15) is 12.4 Å². The number of nitriles is 1. The molecule has 3 heteroatoms. The Morgan fingerprint density at radius 2 is 2.18 bits per heavy atom. The Labute approximate surface area is 106 Å². The third kappa shape index (κ3) is 3.10. The van der Waals surface area contributed by atoms with Crippen LogP contribution in [0, 0.1) is 17.2 Å². The number of hydrogen-bond donors (Lipinski definition) is 0. The van der Waals surface area contributed by atoms with Gasteiger partial charge >= 0.3 is 0 Å². The number of aldehydes is 1. The summed E-state index contributed by atoms with van der Waals surface area (Å²) in [5.41, 5.74) is 1.20. The summed E-state index contributed by atoms with van der Waals surface area (Å²) < 4.78 is 0. The van der Waals surface area contributed by atoms with E-state index in [0.29, 0.717) is 11.1 Å². The summed E-state index contributed by atoms with van der Waals surface area (Å²) in [6.07, 6.45) is 6.12. The van der Waals surface area contributed by atoms with Gasteiger partial charge in [-0.15, -0.1) is 11.8 Å². The zero-order chi connectivity index (χ0) is 12.1. The molecule has 1 aromatic carbocycles. The molecule has 2 nitrogen and oxygen atoms in total. The molecule has 88 valence electrons. The fourth-order valence-electron chi connectivity index (χ4n) is 2.22. The molecule has 1 saturated carbocycles. The van der Waals surface area contributed by atoms with Gasteiger partial charge in [-0.3, -0.25) is 4.79 Å². The van der Waals surface area contributed by atoms with Gasteiger partial charge in [-0.25, -0.2) is 0 Å². The Kier molecular flexibility index (Phi) is 4.22. The highest BCUT2D eigenvalue weighted by molar-refractivity contribution is 7.99. The fourth-order valence-corrected chi connectivity index (χ4v) is 3.39. The standard InChI is InChI=1S/C14H15NOS/c15-8-13-7-12(9-16)5-6-14(13)17-10-11-3-1-2-4-11/h5-7,9,11H,1-4,10H2. The second kappa shape index (κ2) is 5.88. The highest BCUT2D eigenvalue weighted by atomic mass is 32.2. The average Bonchev–Trinajstić information content (AvgIpc) is 2.89. The van der Waals surface area contributed by atoms with Crippen LogP contribution in [-0.2, 0) is 0 Å². The Morgan fingerprint density at radius 3 is 2.82 bits per heavy atom. The molecular weight excluding hydrogens is 230 g/mol. The molecule has 2 rings (SSSR count). The first kappa shape index (κ1) is 12.2. The molecule has 0 radical (unpaired) electrons. The Morgan fingerprint density at radius 1 is 1.41 bits per heavy atom. The van der Waals surface area contributed by atoms with E-state index in [9.17, 15) is 4.79 Å². The van der Waals surface area contributed by atoms with E-state index in [1.807, 2.05) is 6.07 Å². The van der Waals surface area contributed by atoms with E-state index in [1.54, 1.807) is 23.9 Å². The van der Waals surface area contributed by atoms with E-state index in [-0.39, 0.29) is 0 Å². The van der Waals surface area contributed by atoms with Gasteiger partial charge in [0.15, 0.2) is 0 Å². The molecule has 0 aliphatic heterocycles. The molecule has 0 spiro atoms. The third-order valence-corrected chi connectivity index (χ3v) is 4.51. The van der Waals surface area contributed by atoms with Crippen molar-refractivity contribution in [3.8, 4) is 6.07 Å². The molecule has 0 N–H and O–H groups in total. The van der Waals surface area contributed by atoms with Gasteiger partial charge in [-0.2, -0.15) is 5.26 Å². The molecule has 0 unspecified atom stereocenters. The van der Waals surface area contributed by atoms with Crippen LogP contribution < -0.4 is 0 Å². The monoisotopic (exact) mass is 245 g/mol. The zero-order valence-electron chi connectivity index (χ0n) is 9.69. The van der Waals surface area contributed by atoms with E-state index in [1.165, 1.54) is 25.7 Å². The van der Waals surface area contributed by atoms with Crippen LogP contribution in [0.1, 0.15) is 41.6 Å². The summed E-state index contributed by atoms with van der Waals surface area (Å²) >= 11 is 1.75. The van der Waals surface area contributed by atoms with Gasteiger partial charge in [0, 0.05) is 16.2 Å². The lowest BCUT2D eigenvalue weighted by Crippen LogP contribution is -1.97. The van der Waals surface area contributed by atoms with Crippen LogP contribution in [0.15, 0.2) is 23.1 Å². The van der Waals surface area contributed by atoms with E-state index < -0.39 is 0 Å². The first-order chi connectivity index (χ1) is 8.33. The lowest BCUT2D eigenvalue weighted by Gasteiger charge is -2.09. The minimum atomic E-state index is 0.576. The molecule has 1 aromatic rings. The summed E-state index contributed by atoms with van der Waals surface area (Å²) in [6, 6.07) is 7.51. The van der Waals surface area contributed by atoms with E-state index in [4.69, 9.17) is 5.26 Å². The molecule has 1 aliphatic carbocycles. The third-order valence-electron chi connectivity index (χ3n) is 3.21. The van der Waals surface area contributed by atoms with Crippen LogP contribution in [-0.4, -0.2) is 12.0 Å². The predicted octanol–water partition coefficient (Wildman–Crippen LogP) is 3.65. The number of benzene rings is 1. The molecule has 0 aromatic heterocycles. The van der Waals surface area contributed by atoms with Crippen molar-refractivity contribution >= 4 is 18.0 Å². The molecule has 0 heterocycles. The van der Waals surface area contributed by atoms with Crippen molar-refractivity contribution in [2.45, 2.75) is 30.6 Å². The van der Waals surface area contributed by atoms with Crippen molar-refractivity contribution in [3.63, 3.8) is 0 Å².